The van der Waals surface area contributed by atoms with E-state index in [1.165, 1.54) is 4.90 Å². The summed E-state index contributed by atoms with van der Waals surface area (Å²) < 4.78 is 32.1. The summed E-state index contributed by atoms with van der Waals surface area (Å²) in [6, 6.07) is 4.42. The maximum Gasteiger partial charge on any atom is 0.325 e. The number of halogens is 2. The normalized spacial score (nSPS) is 20.5. The molecule has 1 aliphatic carbocycles. The van der Waals surface area contributed by atoms with Crippen molar-refractivity contribution >= 4 is 35.5 Å². The molecule has 5 amide bonds. The second-order valence-electron chi connectivity index (χ2n) is 11.6. The first-order chi connectivity index (χ1) is 19.6. The number of likely N-dealkylation sites (tertiary alicyclic amines) is 1. The Kier molecular flexibility index (Phi) is 10.2. The summed E-state index contributed by atoms with van der Waals surface area (Å²) >= 11 is 0. The fraction of sp³-hybridized carbons (Fsp3) is 0.571. The number of ketones is 1. The number of ether oxygens (including phenoxy) is 1. The van der Waals surface area contributed by atoms with E-state index in [-0.39, 0.29) is 19.6 Å². The van der Waals surface area contributed by atoms with E-state index in [0.29, 0.717) is 6.42 Å². The van der Waals surface area contributed by atoms with Crippen molar-refractivity contribution in [3.05, 3.63) is 35.9 Å². The number of Topliss-reactive ketones (excluding diaryl/α,β-unsaturated/α-hetero) is 1. The number of esters is 1. The average Bonchev–Trinajstić information content (AvgIpc) is 3.28. The van der Waals surface area contributed by atoms with Crippen molar-refractivity contribution in [2.75, 3.05) is 13.1 Å². The molecule has 2 aliphatic rings. The van der Waals surface area contributed by atoms with Gasteiger partial charge in [-0.05, 0) is 30.2 Å². The predicted molar refractivity (Wildman–Crippen MR) is 145 cm³/mol. The van der Waals surface area contributed by atoms with Gasteiger partial charge in [-0.25, -0.2) is 13.6 Å². The van der Waals surface area contributed by atoms with Gasteiger partial charge in [-0.1, -0.05) is 51.1 Å². The number of hydrogen-bond acceptors (Lipinski definition) is 7. The number of hydrogen-bond donors (Lipinski definition) is 4. The van der Waals surface area contributed by atoms with Crippen molar-refractivity contribution < 1.29 is 42.3 Å². The fourth-order valence-electron chi connectivity index (χ4n) is 4.72. The lowest BCUT2D eigenvalue weighted by Gasteiger charge is -2.35. The molecule has 0 bridgehead atoms. The van der Waals surface area contributed by atoms with Crippen LogP contribution in [0.4, 0.5) is 13.6 Å². The van der Waals surface area contributed by atoms with Gasteiger partial charge in [0.1, 0.15) is 25.2 Å². The third-order valence-electron chi connectivity index (χ3n) is 7.21. The summed E-state index contributed by atoms with van der Waals surface area (Å²) in [4.78, 5) is 76.5. The van der Waals surface area contributed by atoms with Crippen molar-refractivity contribution in [1.29, 1.82) is 0 Å². The van der Waals surface area contributed by atoms with Crippen LogP contribution in [0.3, 0.4) is 0 Å². The van der Waals surface area contributed by atoms with Crippen LogP contribution in [0.15, 0.2) is 30.3 Å². The van der Waals surface area contributed by atoms with Crippen LogP contribution in [-0.4, -0.2) is 77.5 Å². The van der Waals surface area contributed by atoms with Gasteiger partial charge in [0.25, 0.3) is 11.8 Å². The van der Waals surface area contributed by atoms with E-state index < -0.39 is 90.3 Å². The number of urea groups is 1. The number of nitrogens with one attached hydrogen (secondary N) is 3. The highest BCUT2D eigenvalue weighted by Crippen LogP contribution is 2.51. The second kappa shape index (κ2) is 13.3. The van der Waals surface area contributed by atoms with Crippen LogP contribution in [0.1, 0.15) is 52.0 Å². The summed E-state index contributed by atoms with van der Waals surface area (Å²) in [5, 5.41) is 7.26. The number of primary amides is 1. The molecule has 3 rings (SSSR count). The number of rotatable bonds is 12. The van der Waals surface area contributed by atoms with Crippen LogP contribution in [0.2, 0.25) is 0 Å². The van der Waals surface area contributed by atoms with Gasteiger partial charge in [0.15, 0.2) is 0 Å². The Morgan fingerprint density at radius 2 is 1.74 bits per heavy atom. The molecule has 1 aliphatic heterocycles. The Balaban J connectivity index is 1.60. The van der Waals surface area contributed by atoms with Crippen molar-refractivity contribution in [1.82, 2.24) is 20.9 Å². The van der Waals surface area contributed by atoms with Gasteiger partial charge in [-0.3, -0.25) is 24.0 Å². The molecule has 5 N–H and O–H groups in total. The molecular weight excluding hydrogens is 556 g/mol. The number of amides is 5. The first kappa shape index (κ1) is 32.4. The van der Waals surface area contributed by atoms with Crippen LogP contribution < -0.4 is 21.7 Å². The highest BCUT2D eigenvalue weighted by molar-refractivity contribution is 6.37. The molecule has 1 aromatic carbocycles. The first-order valence-corrected chi connectivity index (χ1v) is 13.7. The standard InChI is InChI=1S/C28H37F2N5O7/c1-27(2,3)22(34-26(41)32-14-20(36)42-15-16-8-5-4-6-9-16)25(40)35-11-7-10-19(35)24(39)33-18(21(37)23(31)38)12-17-13-28(17,29)30/h4-6,8-9,17-19,22H,7,10-15H2,1-3H3,(H2,31,38)(H,33,39)(H2,32,34,41). The summed E-state index contributed by atoms with van der Waals surface area (Å²) in [7, 11) is 0. The van der Waals surface area contributed by atoms with Gasteiger partial charge < -0.3 is 31.3 Å². The zero-order valence-electron chi connectivity index (χ0n) is 23.8. The van der Waals surface area contributed by atoms with E-state index in [0.717, 1.165) is 5.56 Å². The predicted octanol–water partition coefficient (Wildman–Crippen LogP) is 1.02. The number of carbonyl (C=O) groups excluding carboxylic acids is 6. The number of benzene rings is 1. The summed E-state index contributed by atoms with van der Waals surface area (Å²) in [6.45, 7) is 4.84. The number of nitrogens with zero attached hydrogens (tertiary/aromatic N) is 1. The lowest BCUT2D eigenvalue weighted by Crippen LogP contribution is -2.60. The maximum atomic E-state index is 13.6. The van der Waals surface area contributed by atoms with E-state index in [4.69, 9.17) is 10.5 Å². The fourth-order valence-corrected chi connectivity index (χ4v) is 4.72. The molecule has 1 aromatic rings. The number of nitrogens with two attached hydrogens (primary N) is 1. The Labute approximate surface area is 242 Å². The van der Waals surface area contributed by atoms with E-state index in [1.54, 1.807) is 45.0 Å². The minimum absolute atomic E-state index is 0.0272. The van der Waals surface area contributed by atoms with E-state index in [9.17, 15) is 37.5 Å². The molecule has 12 nitrogen and oxygen atoms in total. The number of carbonyl (C=O) groups is 6. The third-order valence-corrected chi connectivity index (χ3v) is 7.21. The molecular formula is C28H37F2N5O7. The molecule has 1 saturated carbocycles. The molecule has 0 radical (unpaired) electrons. The number of alkyl halides is 2. The second-order valence-corrected chi connectivity index (χ2v) is 11.6. The van der Waals surface area contributed by atoms with Crippen LogP contribution in [-0.2, 0) is 35.3 Å². The molecule has 0 aromatic heterocycles. The van der Waals surface area contributed by atoms with Crippen LogP contribution in [0, 0.1) is 11.3 Å². The zero-order chi connectivity index (χ0) is 31.2. The molecule has 4 unspecified atom stereocenters. The van der Waals surface area contributed by atoms with E-state index in [2.05, 4.69) is 16.0 Å². The Bertz CT molecular complexity index is 1200. The quantitative estimate of drug-likeness (QED) is 0.206. The van der Waals surface area contributed by atoms with Crippen LogP contribution in [0.5, 0.6) is 0 Å². The molecule has 42 heavy (non-hydrogen) atoms. The largest absolute Gasteiger partial charge is 0.460 e. The van der Waals surface area contributed by atoms with Gasteiger partial charge in [0.05, 0.1) is 6.04 Å². The van der Waals surface area contributed by atoms with Crippen molar-refractivity contribution in [2.45, 2.75) is 77.1 Å². The molecule has 1 heterocycles. The molecule has 4 atom stereocenters. The lowest BCUT2D eigenvalue weighted by molar-refractivity contribution is -0.143. The van der Waals surface area contributed by atoms with Crippen molar-refractivity contribution in [2.24, 2.45) is 17.1 Å². The van der Waals surface area contributed by atoms with Gasteiger partial charge in [-0.15, -0.1) is 0 Å². The molecule has 230 valence electrons. The first-order valence-electron chi connectivity index (χ1n) is 13.7. The summed E-state index contributed by atoms with van der Waals surface area (Å²) in [5.74, 6) is -8.79. The van der Waals surface area contributed by atoms with Gasteiger partial charge in [-0.2, -0.15) is 0 Å². The lowest BCUT2D eigenvalue weighted by atomic mass is 9.85. The highest BCUT2D eigenvalue weighted by Gasteiger charge is 2.58. The molecule has 1 saturated heterocycles. The van der Waals surface area contributed by atoms with Crippen molar-refractivity contribution in [3.63, 3.8) is 0 Å². The highest BCUT2D eigenvalue weighted by atomic mass is 19.3. The monoisotopic (exact) mass is 593 g/mol. The topological polar surface area (TPSA) is 177 Å². The van der Waals surface area contributed by atoms with Gasteiger partial charge in [0, 0.05) is 18.9 Å². The molecule has 2 fully saturated rings. The summed E-state index contributed by atoms with van der Waals surface area (Å²) in [5.41, 5.74) is 5.01. The van der Waals surface area contributed by atoms with Crippen molar-refractivity contribution in [3.8, 4) is 0 Å². The van der Waals surface area contributed by atoms with E-state index >= 15 is 0 Å². The Morgan fingerprint density at radius 1 is 1.10 bits per heavy atom. The third kappa shape index (κ3) is 8.70. The average molecular weight is 594 g/mol. The SMILES string of the molecule is CC(C)(C)C(NC(=O)NCC(=O)OCc1ccccc1)C(=O)N1CCCC1C(=O)NC(CC1CC1(F)F)C(=O)C(N)=O. The van der Waals surface area contributed by atoms with Crippen LogP contribution >= 0.6 is 0 Å². The van der Waals surface area contributed by atoms with E-state index in [1.807, 2.05) is 6.07 Å². The Morgan fingerprint density at radius 3 is 2.31 bits per heavy atom. The van der Waals surface area contributed by atoms with Crippen LogP contribution in [0.25, 0.3) is 0 Å². The molecule has 14 heteroatoms. The molecule has 0 spiro atoms. The minimum Gasteiger partial charge on any atom is -0.460 e. The van der Waals surface area contributed by atoms with Gasteiger partial charge >= 0.3 is 12.0 Å². The smallest absolute Gasteiger partial charge is 0.325 e. The van der Waals surface area contributed by atoms with Gasteiger partial charge in [0.2, 0.25) is 17.6 Å². The maximum absolute atomic E-state index is 13.6. The summed E-state index contributed by atoms with van der Waals surface area (Å²) in [6.07, 6.45) is -0.285. The zero-order valence-corrected chi connectivity index (χ0v) is 23.8. The minimum atomic E-state index is -2.99. The Hall–Kier alpha value is -4.10.